The fourth-order valence-corrected chi connectivity index (χ4v) is 2.28. The second-order valence-electron chi connectivity index (χ2n) is 5.47. The Balaban J connectivity index is 2.28. The quantitative estimate of drug-likeness (QED) is 0.577. The van der Waals surface area contributed by atoms with E-state index in [4.69, 9.17) is 9.84 Å². The van der Waals surface area contributed by atoms with Crippen LogP contribution in [-0.4, -0.2) is 49.8 Å². The molecule has 19 heavy (non-hydrogen) atoms. The zero-order valence-corrected chi connectivity index (χ0v) is 11.7. The van der Waals surface area contributed by atoms with Gasteiger partial charge in [0.05, 0.1) is 6.61 Å². The van der Waals surface area contributed by atoms with E-state index in [2.05, 4.69) is 10.6 Å². The Morgan fingerprint density at radius 1 is 1.47 bits per heavy atom. The van der Waals surface area contributed by atoms with E-state index in [-0.39, 0.29) is 19.1 Å². The summed E-state index contributed by atoms with van der Waals surface area (Å²) in [6.45, 7) is 6.04. The summed E-state index contributed by atoms with van der Waals surface area (Å²) >= 11 is 0. The van der Waals surface area contributed by atoms with Crippen molar-refractivity contribution in [1.29, 1.82) is 0 Å². The van der Waals surface area contributed by atoms with Crippen molar-refractivity contribution >= 4 is 11.9 Å². The summed E-state index contributed by atoms with van der Waals surface area (Å²) in [7, 11) is 0. The maximum atomic E-state index is 12.2. The van der Waals surface area contributed by atoms with Crippen molar-refractivity contribution in [2.75, 3.05) is 32.8 Å². The molecule has 0 saturated carbocycles. The van der Waals surface area contributed by atoms with Crippen LogP contribution in [0.25, 0.3) is 0 Å². The van der Waals surface area contributed by atoms with Gasteiger partial charge >= 0.3 is 5.97 Å². The van der Waals surface area contributed by atoms with Crippen molar-refractivity contribution in [1.82, 2.24) is 10.6 Å². The van der Waals surface area contributed by atoms with Crippen LogP contribution in [0.5, 0.6) is 0 Å². The number of carbonyl (C=O) groups excluding carboxylic acids is 1. The van der Waals surface area contributed by atoms with E-state index >= 15 is 0 Å². The Labute approximate surface area is 113 Å². The molecular weight excluding hydrogens is 248 g/mol. The highest BCUT2D eigenvalue weighted by atomic mass is 16.5. The molecule has 1 aliphatic heterocycles. The minimum absolute atomic E-state index is 0.000116. The van der Waals surface area contributed by atoms with Crippen LogP contribution in [0.3, 0.4) is 0 Å². The van der Waals surface area contributed by atoms with Crippen molar-refractivity contribution in [2.24, 2.45) is 11.3 Å². The minimum atomic E-state index is -1.00. The first kappa shape index (κ1) is 15.9. The molecule has 0 spiro atoms. The van der Waals surface area contributed by atoms with Gasteiger partial charge in [0.2, 0.25) is 5.91 Å². The molecule has 0 radical (unpaired) electrons. The van der Waals surface area contributed by atoms with Crippen LogP contribution in [0.1, 0.15) is 26.7 Å². The van der Waals surface area contributed by atoms with E-state index in [9.17, 15) is 9.59 Å². The summed E-state index contributed by atoms with van der Waals surface area (Å²) in [5, 5.41) is 14.5. The molecule has 1 aliphatic rings. The number of hydrogen-bond acceptors (Lipinski definition) is 4. The standard InChI is InChI=1S/C13H24N2O4/c1-13(2,10-4-3-5-14-8-10)12(18)15-6-7-19-9-11(16)17/h10,14H,3-9H2,1-2H3,(H,15,18)(H,16,17). The van der Waals surface area contributed by atoms with Gasteiger partial charge in [-0.15, -0.1) is 0 Å². The first-order valence-electron chi connectivity index (χ1n) is 6.73. The fourth-order valence-electron chi connectivity index (χ4n) is 2.28. The van der Waals surface area contributed by atoms with Crippen molar-refractivity contribution in [3.8, 4) is 0 Å². The van der Waals surface area contributed by atoms with Crippen LogP contribution < -0.4 is 10.6 Å². The highest BCUT2D eigenvalue weighted by molar-refractivity contribution is 5.82. The van der Waals surface area contributed by atoms with Gasteiger partial charge in [-0.05, 0) is 31.8 Å². The van der Waals surface area contributed by atoms with Gasteiger partial charge < -0.3 is 20.5 Å². The summed E-state index contributed by atoms with van der Waals surface area (Å²) in [5.74, 6) is -0.666. The van der Waals surface area contributed by atoms with E-state index in [1.807, 2.05) is 13.8 Å². The smallest absolute Gasteiger partial charge is 0.329 e. The van der Waals surface area contributed by atoms with Crippen LogP contribution in [0, 0.1) is 11.3 Å². The van der Waals surface area contributed by atoms with Crippen molar-refractivity contribution < 1.29 is 19.4 Å². The third kappa shape index (κ3) is 5.16. The van der Waals surface area contributed by atoms with E-state index < -0.39 is 11.4 Å². The molecule has 0 aromatic rings. The van der Waals surface area contributed by atoms with Gasteiger partial charge in [-0.3, -0.25) is 4.79 Å². The van der Waals surface area contributed by atoms with E-state index in [1.54, 1.807) is 0 Å². The lowest BCUT2D eigenvalue weighted by Gasteiger charge is -2.36. The van der Waals surface area contributed by atoms with E-state index in [0.717, 1.165) is 25.9 Å². The SMILES string of the molecule is CC(C)(C(=O)NCCOCC(=O)O)C1CCCNC1. The summed E-state index contributed by atoms with van der Waals surface area (Å²) in [6.07, 6.45) is 2.16. The maximum Gasteiger partial charge on any atom is 0.329 e. The van der Waals surface area contributed by atoms with Gasteiger partial charge in [-0.1, -0.05) is 13.8 Å². The molecular formula is C13H24N2O4. The number of hydrogen-bond donors (Lipinski definition) is 3. The van der Waals surface area contributed by atoms with Crippen LogP contribution >= 0.6 is 0 Å². The molecule has 0 bridgehead atoms. The number of nitrogens with one attached hydrogen (secondary N) is 2. The number of rotatable bonds is 7. The first-order valence-corrected chi connectivity index (χ1v) is 6.73. The molecule has 3 N–H and O–H groups in total. The molecule has 0 aromatic carbocycles. The topological polar surface area (TPSA) is 87.7 Å². The summed E-state index contributed by atoms with van der Waals surface area (Å²) in [6, 6.07) is 0. The average molecular weight is 272 g/mol. The Bertz CT molecular complexity index is 312. The predicted molar refractivity (Wildman–Crippen MR) is 70.8 cm³/mol. The molecule has 1 saturated heterocycles. The van der Waals surface area contributed by atoms with Crippen molar-refractivity contribution in [3.63, 3.8) is 0 Å². The second kappa shape index (κ2) is 7.45. The molecule has 110 valence electrons. The van der Waals surface area contributed by atoms with Gasteiger partial charge in [0.1, 0.15) is 6.61 Å². The van der Waals surface area contributed by atoms with Crippen molar-refractivity contribution in [2.45, 2.75) is 26.7 Å². The monoisotopic (exact) mass is 272 g/mol. The molecule has 0 aromatic heterocycles. The molecule has 1 heterocycles. The maximum absolute atomic E-state index is 12.2. The third-order valence-corrected chi connectivity index (χ3v) is 3.66. The zero-order valence-electron chi connectivity index (χ0n) is 11.7. The molecule has 1 amide bonds. The summed E-state index contributed by atoms with van der Waals surface area (Å²) in [4.78, 5) is 22.4. The lowest BCUT2D eigenvalue weighted by molar-refractivity contribution is -0.142. The van der Waals surface area contributed by atoms with Crippen LogP contribution in [0.2, 0.25) is 0 Å². The van der Waals surface area contributed by atoms with Gasteiger partial charge in [-0.25, -0.2) is 4.79 Å². The number of carboxylic acids is 1. The van der Waals surface area contributed by atoms with E-state index in [1.165, 1.54) is 0 Å². The summed E-state index contributed by atoms with van der Waals surface area (Å²) < 4.78 is 4.88. The van der Waals surface area contributed by atoms with E-state index in [0.29, 0.717) is 12.5 Å². The number of piperidine rings is 1. The van der Waals surface area contributed by atoms with Crippen LogP contribution in [0.4, 0.5) is 0 Å². The molecule has 0 aliphatic carbocycles. The zero-order chi connectivity index (χ0) is 14.3. The lowest BCUT2D eigenvalue weighted by Crippen LogP contribution is -2.47. The summed E-state index contributed by atoms with van der Waals surface area (Å²) in [5.41, 5.74) is -0.416. The van der Waals surface area contributed by atoms with Crippen LogP contribution in [0.15, 0.2) is 0 Å². The third-order valence-electron chi connectivity index (χ3n) is 3.66. The lowest BCUT2D eigenvalue weighted by atomic mass is 9.74. The minimum Gasteiger partial charge on any atom is -0.480 e. The van der Waals surface area contributed by atoms with Gasteiger partial charge in [-0.2, -0.15) is 0 Å². The number of amides is 1. The van der Waals surface area contributed by atoms with Crippen molar-refractivity contribution in [3.05, 3.63) is 0 Å². The van der Waals surface area contributed by atoms with Gasteiger partial charge in [0.15, 0.2) is 0 Å². The second-order valence-corrected chi connectivity index (χ2v) is 5.47. The van der Waals surface area contributed by atoms with Gasteiger partial charge in [0.25, 0.3) is 0 Å². The number of ether oxygens (including phenoxy) is 1. The normalized spacial score (nSPS) is 20.0. The van der Waals surface area contributed by atoms with Crippen LogP contribution in [-0.2, 0) is 14.3 Å². The fraction of sp³-hybridized carbons (Fsp3) is 0.846. The highest BCUT2D eigenvalue weighted by Gasteiger charge is 2.36. The average Bonchev–Trinajstić information content (AvgIpc) is 2.38. The molecule has 6 nitrogen and oxygen atoms in total. The Morgan fingerprint density at radius 2 is 2.21 bits per heavy atom. The molecule has 6 heteroatoms. The largest absolute Gasteiger partial charge is 0.480 e. The number of carbonyl (C=O) groups is 2. The Morgan fingerprint density at radius 3 is 2.79 bits per heavy atom. The van der Waals surface area contributed by atoms with Gasteiger partial charge in [0, 0.05) is 12.0 Å². The molecule has 1 atom stereocenters. The highest BCUT2D eigenvalue weighted by Crippen LogP contribution is 2.31. The first-order chi connectivity index (χ1) is 8.94. The Hall–Kier alpha value is -1.14. The molecule has 1 unspecified atom stereocenters. The predicted octanol–water partition coefficient (Wildman–Crippen LogP) is 0.230. The number of aliphatic carboxylic acids is 1. The number of carboxylic acid groups (broad SMARTS) is 1. The Kier molecular flexibility index (Phi) is 6.24. The molecule has 1 rings (SSSR count). The molecule has 1 fully saturated rings.